The Labute approximate surface area is 180 Å². The van der Waals surface area contributed by atoms with Gasteiger partial charge < -0.3 is 14.4 Å². The molecule has 0 atom stereocenters. The zero-order valence-corrected chi connectivity index (χ0v) is 17.9. The van der Waals surface area contributed by atoms with Crippen molar-refractivity contribution in [2.45, 2.75) is 13.8 Å². The second-order valence-electron chi connectivity index (χ2n) is 7.75. The van der Waals surface area contributed by atoms with Gasteiger partial charge in [-0.05, 0) is 38.1 Å². The standard InChI is InChI=1S/C24H24N4O3/c1-15-12-21(18-6-4-5-7-20(18)25-15)28-16(2)26-23-19(24(29)30-3)13-17(14-22(23)28)27-8-10-31-11-9-27/h4-7,12-14H,8-11H2,1-3H3. The van der Waals surface area contributed by atoms with Crippen LogP contribution in [0.15, 0.2) is 42.5 Å². The summed E-state index contributed by atoms with van der Waals surface area (Å²) in [4.78, 5) is 24.4. The first-order chi connectivity index (χ1) is 15.1. The molecule has 0 aliphatic carbocycles. The van der Waals surface area contributed by atoms with E-state index in [-0.39, 0.29) is 5.97 Å². The van der Waals surface area contributed by atoms with E-state index in [0.717, 1.165) is 52.4 Å². The highest BCUT2D eigenvalue weighted by molar-refractivity contribution is 6.05. The third kappa shape index (κ3) is 3.31. The number of imidazole rings is 1. The molecule has 0 saturated carbocycles. The highest BCUT2D eigenvalue weighted by Crippen LogP contribution is 2.32. The maximum Gasteiger partial charge on any atom is 0.340 e. The van der Waals surface area contributed by atoms with Crippen LogP contribution in [0.25, 0.3) is 27.6 Å². The van der Waals surface area contributed by atoms with Gasteiger partial charge in [0.15, 0.2) is 0 Å². The van der Waals surface area contributed by atoms with E-state index in [0.29, 0.717) is 24.3 Å². The van der Waals surface area contributed by atoms with Crippen molar-refractivity contribution in [1.82, 2.24) is 14.5 Å². The summed E-state index contributed by atoms with van der Waals surface area (Å²) >= 11 is 0. The Balaban J connectivity index is 1.82. The van der Waals surface area contributed by atoms with E-state index in [1.807, 2.05) is 38.1 Å². The number of carbonyl (C=O) groups excluding carboxylic acids is 1. The monoisotopic (exact) mass is 416 g/mol. The quantitative estimate of drug-likeness (QED) is 0.473. The molecule has 0 radical (unpaired) electrons. The molecule has 3 heterocycles. The van der Waals surface area contributed by atoms with Crippen molar-refractivity contribution in [3.05, 3.63) is 59.5 Å². The van der Waals surface area contributed by atoms with Crippen LogP contribution in [0.5, 0.6) is 0 Å². The number of pyridine rings is 1. The van der Waals surface area contributed by atoms with E-state index in [1.54, 1.807) is 0 Å². The first-order valence-electron chi connectivity index (χ1n) is 10.4. The first kappa shape index (κ1) is 19.5. The first-order valence-corrected chi connectivity index (χ1v) is 10.4. The Morgan fingerprint density at radius 1 is 1.06 bits per heavy atom. The third-order valence-corrected chi connectivity index (χ3v) is 5.76. The van der Waals surface area contributed by atoms with Crippen LogP contribution >= 0.6 is 0 Å². The predicted molar refractivity (Wildman–Crippen MR) is 120 cm³/mol. The van der Waals surface area contributed by atoms with Crippen molar-refractivity contribution < 1.29 is 14.3 Å². The number of anilines is 1. The van der Waals surface area contributed by atoms with E-state index in [4.69, 9.17) is 14.5 Å². The second-order valence-corrected chi connectivity index (χ2v) is 7.75. The van der Waals surface area contributed by atoms with Crippen molar-refractivity contribution >= 4 is 33.6 Å². The predicted octanol–water partition coefficient (Wildman–Crippen LogP) is 3.81. The smallest absolute Gasteiger partial charge is 0.340 e. The van der Waals surface area contributed by atoms with Gasteiger partial charge in [0.05, 0.1) is 42.6 Å². The molecule has 5 rings (SSSR count). The molecule has 158 valence electrons. The molecule has 1 fully saturated rings. The van der Waals surface area contributed by atoms with E-state index in [1.165, 1.54) is 7.11 Å². The molecule has 7 nitrogen and oxygen atoms in total. The lowest BCUT2D eigenvalue weighted by molar-refractivity contribution is 0.0603. The summed E-state index contributed by atoms with van der Waals surface area (Å²) in [6.07, 6.45) is 0. The number of hydrogen-bond donors (Lipinski definition) is 0. The summed E-state index contributed by atoms with van der Waals surface area (Å²) in [6, 6.07) is 14.1. The van der Waals surface area contributed by atoms with Crippen molar-refractivity contribution in [2.24, 2.45) is 0 Å². The van der Waals surface area contributed by atoms with Crippen LogP contribution in [0, 0.1) is 13.8 Å². The maximum atomic E-state index is 12.7. The fourth-order valence-electron chi connectivity index (χ4n) is 4.32. The average Bonchev–Trinajstić information content (AvgIpc) is 3.13. The van der Waals surface area contributed by atoms with Gasteiger partial charge in [0.1, 0.15) is 11.3 Å². The van der Waals surface area contributed by atoms with E-state index in [2.05, 4.69) is 32.7 Å². The van der Waals surface area contributed by atoms with Crippen LogP contribution in [0.3, 0.4) is 0 Å². The highest BCUT2D eigenvalue weighted by Gasteiger charge is 2.22. The summed E-state index contributed by atoms with van der Waals surface area (Å²) in [5, 5.41) is 1.03. The molecule has 2 aromatic carbocycles. The lowest BCUT2D eigenvalue weighted by Crippen LogP contribution is -2.36. The average molecular weight is 416 g/mol. The number of carbonyl (C=O) groups is 1. The molecule has 7 heteroatoms. The Kier molecular flexibility index (Phi) is 4.82. The number of para-hydroxylation sites is 1. The zero-order valence-electron chi connectivity index (χ0n) is 17.9. The zero-order chi connectivity index (χ0) is 21.5. The summed E-state index contributed by atoms with van der Waals surface area (Å²) in [6.45, 7) is 6.83. The number of rotatable bonds is 3. The lowest BCUT2D eigenvalue weighted by atomic mass is 10.1. The van der Waals surface area contributed by atoms with Gasteiger partial charge in [-0.25, -0.2) is 9.78 Å². The van der Waals surface area contributed by atoms with Gasteiger partial charge in [-0.3, -0.25) is 9.55 Å². The van der Waals surface area contributed by atoms with Gasteiger partial charge in [-0.1, -0.05) is 18.2 Å². The van der Waals surface area contributed by atoms with Crippen LogP contribution in [-0.4, -0.2) is 53.9 Å². The minimum atomic E-state index is -0.388. The van der Waals surface area contributed by atoms with E-state index in [9.17, 15) is 4.79 Å². The molecule has 0 bridgehead atoms. The summed E-state index contributed by atoms with van der Waals surface area (Å²) in [7, 11) is 1.40. The van der Waals surface area contributed by atoms with Gasteiger partial charge in [-0.2, -0.15) is 0 Å². The van der Waals surface area contributed by atoms with E-state index < -0.39 is 0 Å². The fourth-order valence-corrected chi connectivity index (χ4v) is 4.32. The Morgan fingerprint density at radius 3 is 2.61 bits per heavy atom. The van der Waals surface area contributed by atoms with Crippen molar-refractivity contribution in [1.29, 1.82) is 0 Å². The second kappa shape index (κ2) is 7.67. The number of morpholine rings is 1. The van der Waals surface area contributed by atoms with Crippen LogP contribution < -0.4 is 4.90 Å². The van der Waals surface area contributed by atoms with Gasteiger partial charge in [-0.15, -0.1) is 0 Å². The normalized spacial score (nSPS) is 14.4. The molecule has 1 saturated heterocycles. The Hall–Kier alpha value is -3.45. The van der Waals surface area contributed by atoms with Crippen LogP contribution in [0.2, 0.25) is 0 Å². The van der Waals surface area contributed by atoms with Gasteiger partial charge in [0.2, 0.25) is 0 Å². The molecule has 4 aromatic rings. The summed E-state index contributed by atoms with van der Waals surface area (Å²) in [5.74, 6) is 0.413. The van der Waals surface area contributed by atoms with Gasteiger partial charge in [0, 0.05) is 29.9 Å². The molecule has 0 unspecified atom stereocenters. The van der Waals surface area contributed by atoms with Crippen LogP contribution in [0.4, 0.5) is 5.69 Å². The molecule has 0 amide bonds. The van der Waals surface area contributed by atoms with Crippen molar-refractivity contribution in [3.63, 3.8) is 0 Å². The SMILES string of the molecule is COC(=O)c1cc(N2CCOCC2)cc2c1nc(C)n2-c1cc(C)nc2ccccc12. The molecule has 31 heavy (non-hydrogen) atoms. The molecular formula is C24H24N4O3. The topological polar surface area (TPSA) is 69.5 Å². The highest BCUT2D eigenvalue weighted by atomic mass is 16.5. The summed E-state index contributed by atoms with van der Waals surface area (Å²) < 4.78 is 12.7. The number of fused-ring (bicyclic) bond motifs is 2. The molecular weight excluding hydrogens is 392 g/mol. The number of aromatic nitrogens is 3. The molecule has 0 N–H and O–H groups in total. The Bertz CT molecular complexity index is 1310. The van der Waals surface area contributed by atoms with Gasteiger partial charge in [0.25, 0.3) is 0 Å². The minimum absolute atomic E-state index is 0.388. The number of esters is 1. The Morgan fingerprint density at radius 2 is 1.84 bits per heavy atom. The molecule has 2 aromatic heterocycles. The third-order valence-electron chi connectivity index (χ3n) is 5.76. The van der Waals surface area contributed by atoms with Crippen LogP contribution in [0.1, 0.15) is 21.9 Å². The number of hydrogen-bond acceptors (Lipinski definition) is 6. The fraction of sp³-hybridized carbons (Fsp3) is 0.292. The number of aryl methyl sites for hydroxylation is 2. The molecule has 1 aliphatic rings. The molecule has 1 aliphatic heterocycles. The number of ether oxygens (including phenoxy) is 2. The minimum Gasteiger partial charge on any atom is -0.465 e. The van der Waals surface area contributed by atoms with Crippen molar-refractivity contribution in [2.75, 3.05) is 38.3 Å². The maximum absolute atomic E-state index is 12.7. The number of benzene rings is 2. The number of nitrogens with zero attached hydrogens (tertiary/aromatic N) is 4. The van der Waals surface area contributed by atoms with Crippen LogP contribution in [-0.2, 0) is 9.47 Å². The van der Waals surface area contributed by atoms with Gasteiger partial charge >= 0.3 is 5.97 Å². The van der Waals surface area contributed by atoms with Crippen molar-refractivity contribution in [3.8, 4) is 5.69 Å². The lowest BCUT2D eigenvalue weighted by Gasteiger charge is -2.29. The van der Waals surface area contributed by atoms with E-state index >= 15 is 0 Å². The number of methoxy groups -OCH3 is 1. The largest absolute Gasteiger partial charge is 0.465 e. The molecule has 0 spiro atoms. The summed E-state index contributed by atoms with van der Waals surface area (Å²) in [5.41, 5.74) is 5.80.